The number of benzene rings is 1. The Morgan fingerprint density at radius 3 is 3.04 bits per heavy atom. The van der Waals surface area contributed by atoms with Gasteiger partial charge in [-0.2, -0.15) is 5.10 Å². The van der Waals surface area contributed by atoms with Gasteiger partial charge in [0.15, 0.2) is 5.58 Å². The molecule has 130 valence electrons. The van der Waals surface area contributed by atoms with Crippen molar-refractivity contribution in [2.45, 2.75) is 31.1 Å². The average molecular weight is 360 g/mol. The lowest BCUT2D eigenvalue weighted by atomic mass is 9.93. The Hall–Kier alpha value is -2.52. The Kier molecular flexibility index (Phi) is 3.89. The first kappa shape index (κ1) is 16.0. The van der Waals surface area contributed by atoms with Crippen LogP contribution >= 0.6 is 0 Å². The molecule has 0 aliphatic heterocycles. The third kappa shape index (κ3) is 3.33. The first-order chi connectivity index (χ1) is 12.0. The first-order valence-corrected chi connectivity index (χ1v) is 9.56. The van der Waals surface area contributed by atoms with Crippen LogP contribution in [0.1, 0.15) is 23.4 Å². The number of hydrogen-bond donors (Lipinski definition) is 2. The van der Waals surface area contributed by atoms with Gasteiger partial charge in [0.1, 0.15) is 11.4 Å². The molecule has 2 N–H and O–H groups in total. The van der Waals surface area contributed by atoms with Crippen LogP contribution in [0.5, 0.6) is 0 Å². The summed E-state index contributed by atoms with van der Waals surface area (Å²) in [5.74, 6) is -0.249. The van der Waals surface area contributed by atoms with Crippen LogP contribution in [0, 0.1) is 0 Å². The SMILES string of the molecule is O=c1cc2c(n[nH]1)CCC(NS(=O)(=O)Cc1noc3ccccc13)C2. The van der Waals surface area contributed by atoms with Gasteiger partial charge >= 0.3 is 0 Å². The third-order valence-electron chi connectivity index (χ3n) is 4.30. The fraction of sp³-hybridized carbons (Fsp3) is 0.312. The van der Waals surface area contributed by atoms with E-state index < -0.39 is 10.0 Å². The molecule has 0 saturated heterocycles. The van der Waals surface area contributed by atoms with Crippen LogP contribution in [0.25, 0.3) is 11.0 Å². The Morgan fingerprint density at radius 1 is 1.32 bits per heavy atom. The van der Waals surface area contributed by atoms with Gasteiger partial charge in [-0.1, -0.05) is 17.3 Å². The van der Waals surface area contributed by atoms with Gasteiger partial charge in [0, 0.05) is 17.5 Å². The van der Waals surface area contributed by atoms with Crippen LogP contribution in [-0.4, -0.2) is 29.8 Å². The highest BCUT2D eigenvalue weighted by molar-refractivity contribution is 7.88. The molecule has 4 rings (SSSR count). The standard InChI is InChI=1S/C16H16N4O4S/c21-16-8-10-7-11(5-6-13(10)17-18-16)20-25(22,23)9-14-12-3-1-2-4-15(12)24-19-14/h1-4,8,11,20H,5-7,9H2,(H,18,21). The number of rotatable bonds is 4. The van der Waals surface area contributed by atoms with Crippen molar-refractivity contribution >= 4 is 21.0 Å². The molecule has 2 heterocycles. The molecule has 2 aromatic heterocycles. The van der Waals surface area contributed by atoms with Gasteiger partial charge in [0.2, 0.25) is 10.0 Å². The first-order valence-electron chi connectivity index (χ1n) is 7.91. The van der Waals surface area contributed by atoms with Gasteiger partial charge < -0.3 is 4.52 Å². The normalized spacial score (nSPS) is 17.5. The van der Waals surface area contributed by atoms with E-state index >= 15 is 0 Å². The van der Waals surface area contributed by atoms with Gasteiger partial charge in [0.25, 0.3) is 5.56 Å². The number of hydrogen-bond acceptors (Lipinski definition) is 6. The summed E-state index contributed by atoms with van der Waals surface area (Å²) in [6.07, 6.45) is 1.70. The smallest absolute Gasteiger partial charge is 0.264 e. The monoisotopic (exact) mass is 360 g/mol. The maximum Gasteiger partial charge on any atom is 0.264 e. The minimum Gasteiger partial charge on any atom is -0.356 e. The van der Waals surface area contributed by atoms with E-state index in [1.807, 2.05) is 6.07 Å². The van der Waals surface area contributed by atoms with Gasteiger partial charge in [-0.15, -0.1) is 0 Å². The minimum absolute atomic E-state index is 0.249. The molecule has 9 heteroatoms. The van der Waals surface area contributed by atoms with E-state index in [0.717, 1.165) is 11.3 Å². The number of para-hydroxylation sites is 1. The van der Waals surface area contributed by atoms with Crippen LogP contribution < -0.4 is 10.3 Å². The van der Waals surface area contributed by atoms with E-state index in [9.17, 15) is 13.2 Å². The fourth-order valence-corrected chi connectivity index (χ4v) is 4.52. The number of nitrogens with one attached hydrogen (secondary N) is 2. The minimum atomic E-state index is -3.59. The fourth-order valence-electron chi connectivity index (χ4n) is 3.16. The summed E-state index contributed by atoms with van der Waals surface area (Å²) in [7, 11) is -3.59. The topological polar surface area (TPSA) is 118 Å². The predicted molar refractivity (Wildman–Crippen MR) is 90.4 cm³/mol. The van der Waals surface area contributed by atoms with Crippen molar-refractivity contribution in [3.8, 4) is 0 Å². The molecule has 0 radical (unpaired) electrons. The Balaban J connectivity index is 1.51. The molecular formula is C16H16N4O4S. The van der Waals surface area contributed by atoms with E-state index in [4.69, 9.17) is 4.52 Å². The molecule has 1 unspecified atom stereocenters. The summed E-state index contributed by atoms with van der Waals surface area (Å²) in [4.78, 5) is 11.4. The van der Waals surface area contributed by atoms with Gasteiger partial charge in [-0.3, -0.25) is 4.79 Å². The van der Waals surface area contributed by atoms with Crippen molar-refractivity contribution in [1.29, 1.82) is 0 Å². The summed E-state index contributed by atoms with van der Waals surface area (Å²) in [5.41, 5.74) is 2.27. The quantitative estimate of drug-likeness (QED) is 0.713. The number of aromatic nitrogens is 3. The molecule has 1 aliphatic rings. The lowest BCUT2D eigenvalue weighted by Crippen LogP contribution is -2.40. The Bertz CT molecular complexity index is 1090. The molecule has 3 aromatic rings. The molecule has 0 spiro atoms. The zero-order valence-electron chi connectivity index (χ0n) is 13.2. The van der Waals surface area contributed by atoms with Crippen LogP contribution in [0.2, 0.25) is 0 Å². The van der Waals surface area contributed by atoms with Crippen LogP contribution in [-0.2, 0) is 28.6 Å². The number of aromatic amines is 1. The number of aryl methyl sites for hydroxylation is 1. The second-order valence-electron chi connectivity index (χ2n) is 6.15. The lowest BCUT2D eigenvalue weighted by Gasteiger charge is -2.23. The molecule has 0 saturated carbocycles. The zero-order valence-corrected chi connectivity index (χ0v) is 14.0. The maximum absolute atomic E-state index is 12.5. The van der Waals surface area contributed by atoms with Gasteiger partial charge in [0.05, 0.1) is 5.69 Å². The Morgan fingerprint density at radius 2 is 2.16 bits per heavy atom. The average Bonchev–Trinajstić information content (AvgIpc) is 2.96. The number of sulfonamides is 1. The molecule has 0 bridgehead atoms. The maximum atomic E-state index is 12.5. The number of fused-ring (bicyclic) bond motifs is 2. The van der Waals surface area contributed by atoms with Crippen molar-refractivity contribution in [2.75, 3.05) is 0 Å². The molecule has 1 aromatic carbocycles. The summed E-state index contributed by atoms with van der Waals surface area (Å²) >= 11 is 0. The number of H-pyrrole nitrogens is 1. The highest BCUT2D eigenvalue weighted by Gasteiger charge is 2.25. The highest BCUT2D eigenvalue weighted by Crippen LogP contribution is 2.21. The van der Waals surface area contributed by atoms with Crippen LogP contribution in [0.4, 0.5) is 0 Å². The third-order valence-corrected chi connectivity index (χ3v) is 5.64. The second kappa shape index (κ2) is 6.08. The van der Waals surface area contributed by atoms with Crippen LogP contribution in [0.15, 0.2) is 39.6 Å². The molecule has 25 heavy (non-hydrogen) atoms. The van der Waals surface area contributed by atoms with Gasteiger partial charge in [-0.05, 0) is 37.0 Å². The van der Waals surface area contributed by atoms with Crippen molar-refractivity contribution in [3.63, 3.8) is 0 Å². The molecule has 0 fully saturated rings. The Labute approximate surface area is 143 Å². The molecule has 8 nitrogen and oxygen atoms in total. The summed E-state index contributed by atoms with van der Waals surface area (Å²) in [5, 5.41) is 11.0. The summed E-state index contributed by atoms with van der Waals surface area (Å²) in [6, 6.07) is 8.36. The van der Waals surface area contributed by atoms with E-state index in [1.54, 1.807) is 18.2 Å². The molecule has 1 atom stereocenters. The largest absolute Gasteiger partial charge is 0.356 e. The summed E-state index contributed by atoms with van der Waals surface area (Å²) in [6.45, 7) is 0. The molecule has 0 amide bonds. The van der Waals surface area contributed by atoms with E-state index in [0.29, 0.717) is 35.9 Å². The molecule has 1 aliphatic carbocycles. The van der Waals surface area contributed by atoms with E-state index in [-0.39, 0.29) is 17.4 Å². The summed E-state index contributed by atoms with van der Waals surface area (Å²) < 4.78 is 32.9. The van der Waals surface area contributed by atoms with Crippen molar-refractivity contribution in [1.82, 2.24) is 20.1 Å². The van der Waals surface area contributed by atoms with Crippen molar-refractivity contribution < 1.29 is 12.9 Å². The second-order valence-corrected chi connectivity index (χ2v) is 7.90. The predicted octanol–water partition coefficient (Wildman–Crippen LogP) is 0.888. The van der Waals surface area contributed by atoms with E-state index in [2.05, 4.69) is 20.1 Å². The van der Waals surface area contributed by atoms with Crippen molar-refractivity contribution in [3.05, 3.63) is 57.6 Å². The van der Waals surface area contributed by atoms with Crippen molar-refractivity contribution in [2.24, 2.45) is 0 Å². The van der Waals surface area contributed by atoms with Gasteiger partial charge in [-0.25, -0.2) is 18.2 Å². The number of nitrogens with zero attached hydrogens (tertiary/aromatic N) is 2. The van der Waals surface area contributed by atoms with E-state index in [1.165, 1.54) is 6.07 Å². The zero-order chi connectivity index (χ0) is 17.4. The highest BCUT2D eigenvalue weighted by atomic mass is 32.2. The van der Waals surface area contributed by atoms with Crippen LogP contribution in [0.3, 0.4) is 0 Å². The lowest BCUT2D eigenvalue weighted by molar-refractivity contribution is 0.447. The molecular weight excluding hydrogens is 344 g/mol.